The van der Waals surface area contributed by atoms with E-state index in [1.807, 2.05) is 0 Å². The molecule has 1 rings (SSSR count). The van der Waals surface area contributed by atoms with Crippen LogP contribution in [0.5, 0.6) is 0 Å². The lowest BCUT2D eigenvalue weighted by atomic mass is 10.2. The van der Waals surface area contributed by atoms with E-state index < -0.39 is 5.97 Å². The SMILES string of the molecule is CCSCc1noc(CCCCC(=O)O)n1. The molecule has 0 spiro atoms. The number of nitrogens with zero attached hydrogens (tertiary/aromatic N) is 2. The van der Waals surface area contributed by atoms with Crippen molar-refractivity contribution in [1.29, 1.82) is 0 Å². The van der Waals surface area contributed by atoms with E-state index in [-0.39, 0.29) is 6.42 Å². The zero-order valence-electron chi connectivity index (χ0n) is 9.31. The molecule has 1 aromatic rings. The first-order valence-electron chi connectivity index (χ1n) is 5.33. The number of unbranched alkanes of at least 4 members (excludes halogenated alkanes) is 1. The normalized spacial score (nSPS) is 10.6. The Labute approximate surface area is 98.6 Å². The van der Waals surface area contributed by atoms with Gasteiger partial charge in [0, 0.05) is 12.8 Å². The Balaban J connectivity index is 2.21. The van der Waals surface area contributed by atoms with Crippen molar-refractivity contribution in [3.05, 3.63) is 11.7 Å². The summed E-state index contributed by atoms with van der Waals surface area (Å²) in [5.74, 6) is 2.38. The minimum absolute atomic E-state index is 0.201. The number of rotatable bonds is 8. The average molecular weight is 244 g/mol. The fourth-order valence-corrected chi connectivity index (χ4v) is 1.70. The van der Waals surface area contributed by atoms with Crippen molar-refractivity contribution in [2.45, 2.75) is 38.4 Å². The van der Waals surface area contributed by atoms with E-state index in [2.05, 4.69) is 17.1 Å². The fourth-order valence-electron chi connectivity index (χ4n) is 1.20. The standard InChI is InChI=1S/C10H16N2O3S/c1-2-16-7-8-11-9(15-12-8)5-3-4-6-10(13)14/h2-7H2,1H3,(H,13,14). The van der Waals surface area contributed by atoms with Crippen molar-refractivity contribution in [2.24, 2.45) is 0 Å². The number of aryl methyl sites for hydroxylation is 1. The first kappa shape index (κ1) is 13.0. The third-order valence-corrected chi connectivity index (χ3v) is 2.85. The van der Waals surface area contributed by atoms with Crippen LogP contribution in [-0.2, 0) is 17.0 Å². The van der Waals surface area contributed by atoms with Gasteiger partial charge in [-0.2, -0.15) is 16.7 Å². The Bertz CT molecular complexity index is 328. The predicted octanol–water partition coefficient (Wildman–Crippen LogP) is 2.12. The molecule has 16 heavy (non-hydrogen) atoms. The van der Waals surface area contributed by atoms with Gasteiger partial charge >= 0.3 is 5.97 Å². The second-order valence-electron chi connectivity index (χ2n) is 3.34. The van der Waals surface area contributed by atoms with Gasteiger partial charge in [-0.25, -0.2) is 0 Å². The van der Waals surface area contributed by atoms with Crippen LogP contribution in [0.2, 0.25) is 0 Å². The molecule has 0 aliphatic heterocycles. The monoisotopic (exact) mass is 244 g/mol. The number of thioether (sulfide) groups is 1. The van der Waals surface area contributed by atoms with Crippen molar-refractivity contribution in [1.82, 2.24) is 10.1 Å². The summed E-state index contributed by atoms with van der Waals surface area (Å²) in [6.07, 6.45) is 2.29. The lowest BCUT2D eigenvalue weighted by Crippen LogP contribution is -1.95. The van der Waals surface area contributed by atoms with Gasteiger partial charge in [-0.05, 0) is 18.6 Å². The molecule has 1 N–H and O–H groups in total. The first-order chi connectivity index (χ1) is 7.72. The summed E-state index contributed by atoms with van der Waals surface area (Å²) in [6, 6.07) is 0. The third kappa shape index (κ3) is 5.16. The van der Waals surface area contributed by atoms with Crippen molar-refractivity contribution >= 4 is 17.7 Å². The van der Waals surface area contributed by atoms with Crippen molar-refractivity contribution in [2.75, 3.05) is 5.75 Å². The van der Waals surface area contributed by atoms with E-state index in [1.165, 1.54) is 0 Å². The maximum Gasteiger partial charge on any atom is 0.303 e. The molecular formula is C10H16N2O3S. The van der Waals surface area contributed by atoms with E-state index in [9.17, 15) is 4.79 Å². The van der Waals surface area contributed by atoms with Crippen LogP contribution < -0.4 is 0 Å². The summed E-state index contributed by atoms with van der Waals surface area (Å²) >= 11 is 1.74. The summed E-state index contributed by atoms with van der Waals surface area (Å²) in [7, 11) is 0. The molecule has 1 aromatic heterocycles. The molecule has 0 saturated carbocycles. The highest BCUT2D eigenvalue weighted by molar-refractivity contribution is 7.98. The minimum Gasteiger partial charge on any atom is -0.481 e. The minimum atomic E-state index is -0.759. The highest BCUT2D eigenvalue weighted by Gasteiger charge is 2.06. The maximum absolute atomic E-state index is 10.3. The molecule has 0 aliphatic carbocycles. The molecule has 6 heteroatoms. The van der Waals surface area contributed by atoms with Crippen LogP contribution in [0, 0.1) is 0 Å². The number of carboxylic acids is 1. The molecule has 0 atom stereocenters. The van der Waals surface area contributed by atoms with Crippen LogP contribution in [0.4, 0.5) is 0 Å². The number of aromatic nitrogens is 2. The zero-order valence-corrected chi connectivity index (χ0v) is 10.1. The quantitative estimate of drug-likeness (QED) is 0.706. The molecular weight excluding hydrogens is 228 g/mol. The van der Waals surface area contributed by atoms with Gasteiger partial charge < -0.3 is 9.63 Å². The largest absolute Gasteiger partial charge is 0.481 e. The molecule has 90 valence electrons. The number of carboxylic acid groups (broad SMARTS) is 1. The Morgan fingerprint density at radius 1 is 1.50 bits per heavy atom. The lowest BCUT2D eigenvalue weighted by Gasteiger charge is -1.93. The average Bonchev–Trinajstić information content (AvgIpc) is 2.69. The predicted molar refractivity (Wildman–Crippen MR) is 61.3 cm³/mol. The van der Waals surface area contributed by atoms with Crippen LogP contribution >= 0.6 is 11.8 Å². The van der Waals surface area contributed by atoms with Gasteiger partial charge in [-0.15, -0.1) is 0 Å². The van der Waals surface area contributed by atoms with E-state index >= 15 is 0 Å². The van der Waals surface area contributed by atoms with Crippen LogP contribution in [0.1, 0.15) is 37.9 Å². The molecule has 0 aromatic carbocycles. The van der Waals surface area contributed by atoms with Crippen LogP contribution in [0.15, 0.2) is 4.52 Å². The van der Waals surface area contributed by atoms with Crippen molar-refractivity contribution in [3.63, 3.8) is 0 Å². The molecule has 0 bridgehead atoms. The summed E-state index contributed by atoms with van der Waals surface area (Å²) < 4.78 is 5.05. The van der Waals surface area contributed by atoms with Gasteiger partial charge in [0.05, 0.1) is 5.75 Å². The summed E-state index contributed by atoms with van der Waals surface area (Å²) in [4.78, 5) is 14.5. The summed E-state index contributed by atoms with van der Waals surface area (Å²) in [5, 5.41) is 12.3. The van der Waals surface area contributed by atoms with Gasteiger partial charge in [0.15, 0.2) is 5.82 Å². The Morgan fingerprint density at radius 2 is 2.31 bits per heavy atom. The Hall–Kier alpha value is -1.04. The van der Waals surface area contributed by atoms with E-state index in [1.54, 1.807) is 11.8 Å². The Morgan fingerprint density at radius 3 is 3.00 bits per heavy atom. The molecule has 0 unspecified atom stereocenters. The highest BCUT2D eigenvalue weighted by atomic mass is 32.2. The molecule has 0 saturated heterocycles. The first-order valence-corrected chi connectivity index (χ1v) is 6.49. The Kier molecular flexibility index (Phi) is 5.92. The topological polar surface area (TPSA) is 76.2 Å². The van der Waals surface area contributed by atoms with E-state index in [0.717, 1.165) is 23.8 Å². The highest BCUT2D eigenvalue weighted by Crippen LogP contribution is 2.10. The van der Waals surface area contributed by atoms with Crippen LogP contribution in [0.25, 0.3) is 0 Å². The second-order valence-corrected chi connectivity index (χ2v) is 4.62. The molecule has 5 nitrogen and oxygen atoms in total. The number of hydrogen-bond donors (Lipinski definition) is 1. The molecule has 0 fully saturated rings. The third-order valence-electron chi connectivity index (χ3n) is 1.98. The van der Waals surface area contributed by atoms with Gasteiger partial charge in [0.25, 0.3) is 0 Å². The molecule has 1 heterocycles. The van der Waals surface area contributed by atoms with Crippen LogP contribution in [0.3, 0.4) is 0 Å². The zero-order chi connectivity index (χ0) is 11.8. The molecule has 0 aliphatic rings. The molecule has 0 radical (unpaired) electrons. The van der Waals surface area contributed by atoms with Gasteiger partial charge in [-0.3, -0.25) is 4.79 Å². The number of carbonyl (C=O) groups is 1. The fraction of sp³-hybridized carbons (Fsp3) is 0.700. The number of aliphatic carboxylic acids is 1. The summed E-state index contributed by atoms with van der Waals surface area (Å²) in [5.41, 5.74) is 0. The molecule has 0 amide bonds. The van der Waals surface area contributed by atoms with Crippen molar-refractivity contribution in [3.8, 4) is 0 Å². The maximum atomic E-state index is 10.3. The van der Waals surface area contributed by atoms with Gasteiger partial charge in [-0.1, -0.05) is 12.1 Å². The van der Waals surface area contributed by atoms with Crippen LogP contribution in [-0.4, -0.2) is 27.0 Å². The second kappa shape index (κ2) is 7.27. The van der Waals surface area contributed by atoms with Gasteiger partial charge in [0.1, 0.15) is 0 Å². The van der Waals surface area contributed by atoms with Gasteiger partial charge in [0.2, 0.25) is 5.89 Å². The van der Waals surface area contributed by atoms with E-state index in [0.29, 0.717) is 18.7 Å². The van der Waals surface area contributed by atoms with E-state index in [4.69, 9.17) is 9.63 Å². The summed E-state index contributed by atoms with van der Waals surface area (Å²) in [6.45, 7) is 2.08. The van der Waals surface area contributed by atoms with Crippen molar-refractivity contribution < 1.29 is 14.4 Å². The number of hydrogen-bond acceptors (Lipinski definition) is 5. The lowest BCUT2D eigenvalue weighted by molar-refractivity contribution is -0.137. The smallest absolute Gasteiger partial charge is 0.303 e.